The van der Waals surface area contributed by atoms with Gasteiger partial charge in [0.25, 0.3) is 5.91 Å². The van der Waals surface area contributed by atoms with Gasteiger partial charge in [-0.1, -0.05) is 23.2 Å². The predicted molar refractivity (Wildman–Crippen MR) is 46.4 cm³/mol. The molecular formula is C6H5Cl3F3NO. The van der Waals surface area contributed by atoms with Gasteiger partial charge in [0.1, 0.15) is 0 Å². The molecule has 1 fully saturated rings. The smallest absolute Gasteiger partial charge is 0.271 e. The molecule has 2 nitrogen and oxygen atoms in total. The van der Waals surface area contributed by atoms with Crippen LogP contribution in [0.25, 0.3) is 0 Å². The molecule has 0 bridgehead atoms. The molecule has 0 spiro atoms. The van der Waals surface area contributed by atoms with Gasteiger partial charge in [0.15, 0.2) is 0 Å². The Morgan fingerprint density at radius 2 is 2.00 bits per heavy atom. The average Bonchev–Trinajstić information content (AvgIpc) is 2.23. The van der Waals surface area contributed by atoms with Crippen molar-refractivity contribution in [1.29, 1.82) is 0 Å². The van der Waals surface area contributed by atoms with E-state index in [1.54, 1.807) is 0 Å². The van der Waals surface area contributed by atoms with Crippen LogP contribution in [0.15, 0.2) is 0 Å². The van der Waals surface area contributed by atoms with E-state index in [1.165, 1.54) is 0 Å². The normalized spacial score (nSPS) is 27.1. The summed E-state index contributed by atoms with van der Waals surface area (Å²) in [6, 6.07) is 0. The average molecular weight is 270 g/mol. The summed E-state index contributed by atoms with van der Waals surface area (Å²) in [4.78, 5) is 10.8. The summed E-state index contributed by atoms with van der Waals surface area (Å²) in [6.45, 7) is -0.598. The fourth-order valence-electron chi connectivity index (χ4n) is 1.14. The Morgan fingerprint density at radius 1 is 1.50 bits per heavy atom. The number of likely N-dealkylation sites (tertiary alicyclic amines) is 1. The molecule has 0 aromatic heterocycles. The zero-order valence-corrected chi connectivity index (χ0v) is 8.88. The van der Waals surface area contributed by atoms with Gasteiger partial charge >= 0.3 is 6.30 Å². The third-order valence-corrected chi connectivity index (χ3v) is 3.25. The molecule has 0 aromatic carbocycles. The largest absolute Gasteiger partial charge is 0.487 e. The molecule has 1 atom stereocenters. The van der Waals surface area contributed by atoms with Crippen molar-refractivity contribution in [3.8, 4) is 0 Å². The third kappa shape index (κ3) is 1.90. The second kappa shape index (κ2) is 3.61. The second-order valence-corrected chi connectivity index (χ2v) is 4.55. The molecule has 8 heteroatoms. The lowest BCUT2D eigenvalue weighted by Gasteiger charge is -2.19. The summed E-state index contributed by atoms with van der Waals surface area (Å²) in [5.74, 6) is -2.48. The van der Waals surface area contributed by atoms with Gasteiger partial charge in [0.05, 0.1) is 0 Å². The zero-order valence-electron chi connectivity index (χ0n) is 6.61. The molecule has 0 aliphatic carbocycles. The van der Waals surface area contributed by atoms with E-state index in [2.05, 4.69) is 0 Å². The Kier molecular flexibility index (Phi) is 3.15. The minimum absolute atomic E-state index is 0.203. The fraction of sp³-hybridized carbons (Fsp3) is 0.833. The van der Waals surface area contributed by atoms with Crippen molar-refractivity contribution < 1.29 is 18.0 Å². The first-order chi connectivity index (χ1) is 6.21. The molecule has 0 aromatic rings. The van der Waals surface area contributed by atoms with Crippen LogP contribution in [0.5, 0.6) is 0 Å². The molecular weight excluding hydrogens is 265 g/mol. The number of carbonyl (C=O) groups excluding carboxylic acids is 1. The summed E-state index contributed by atoms with van der Waals surface area (Å²) in [5.41, 5.74) is 0. The van der Waals surface area contributed by atoms with E-state index >= 15 is 0 Å². The topological polar surface area (TPSA) is 20.3 Å². The highest BCUT2D eigenvalue weighted by Gasteiger charge is 2.58. The van der Waals surface area contributed by atoms with Crippen molar-refractivity contribution in [2.24, 2.45) is 5.92 Å². The van der Waals surface area contributed by atoms with Gasteiger partial charge in [-0.15, -0.1) is 24.8 Å². The van der Waals surface area contributed by atoms with Crippen molar-refractivity contribution in [3.05, 3.63) is 0 Å². The summed E-state index contributed by atoms with van der Waals surface area (Å²) in [7, 11) is 0. The van der Waals surface area contributed by atoms with E-state index in [0.29, 0.717) is 0 Å². The van der Waals surface area contributed by atoms with Crippen molar-refractivity contribution in [3.63, 3.8) is 0 Å². The molecule has 1 heterocycles. The minimum atomic E-state index is -4.76. The van der Waals surface area contributed by atoms with Gasteiger partial charge in [-0.25, -0.2) is 0 Å². The maximum absolute atomic E-state index is 12.2. The Morgan fingerprint density at radius 3 is 2.21 bits per heavy atom. The molecule has 0 N–H and O–H groups in total. The Hall–Kier alpha value is 0.130. The van der Waals surface area contributed by atoms with E-state index < -0.39 is 29.0 Å². The van der Waals surface area contributed by atoms with Gasteiger partial charge in [0.2, 0.25) is 4.33 Å². The Labute approximate surface area is 92.9 Å². The molecule has 1 aliphatic rings. The van der Waals surface area contributed by atoms with E-state index in [9.17, 15) is 18.0 Å². The lowest BCUT2D eigenvalue weighted by Crippen LogP contribution is -2.42. The lowest BCUT2D eigenvalue weighted by atomic mass is 10.1. The van der Waals surface area contributed by atoms with Crippen LogP contribution in [-0.4, -0.2) is 33.9 Å². The van der Waals surface area contributed by atoms with E-state index in [-0.39, 0.29) is 10.8 Å². The van der Waals surface area contributed by atoms with E-state index in [4.69, 9.17) is 34.8 Å². The first-order valence-electron chi connectivity index (χ1n) is 3.53. The maximum Gasteiger partial charge on any atom is 0.487 e. The second-order valence-electron chi connectivity index (χ2n) is 2.86. The van der Waals surface area contributed by atoms with Gasteiger partial charge < -0.3 is 0 Å². The molecule has 0 saturated carbocycles. The van der Waals surface area contributed by atoms with Crippen molar-refractivity contribution in [2.45, 2.75) is 10.6 Å². The highest BCUT2D eigenvalue weighted by atomic mass is 35.5. The Balaban J connectivity index is 2.94. The number of halogens is 6. The molecule has 14 heavy (non-hydrogen) atoms. The van der Waals surface area contributed by atoms with Crippen LogP contribution in [0.1, 0.15) is 0 Å². The van der Waals surface area contributed by atoms with Crippen molar-refractivity contribution in [2.75, 3.05) is 12.4 Å². The summed E-state index contributed by atoms with van der Waals surface area (Å²) >= 11 is 16.3. The van der Waals surface area contributed by atoms with E-state index in [1.807, 2.05) is 0 Å². The third-order valence-electron chi connectivity index (χ3n) is 1.94. The zero-order chi connectivity index (χ0) is 11.1. The number of nitrogens with zero attached hydrogens (tertiary/aromatic N) is 1. The summed E-state index contributed by atoms with van der Waals surface area (Å²) in [6.07, 6.45) is -4.76. The molecule has 0 radical (unpaired) electrons. The number of hydrogen-bond donors (Lipinski definition) is 0. The standard InChI is InChI=1S/C6H5Cl3F3NO/c7-1-3-2-13(6(10,11)12)4(14)5(3,8)9/h3H,1-2H2. The molecule has 1 amide bonds. The summed E-state index contributed by atoms with van der Waals surface area (Å²) in [5, 5.41) is 0. The van der Waals surface area contributed by atoms with Crippen molar-refractivity contribution >= 4 is 40.7 Å². The quantitative estimate of drug-likeness (QED) is 0.529. The molecule has 82 valence electrons. The number of rotatable bonds is 1. The minimum Gasteiger partial charge on any atom is -0.271 e. The summed E-state index contributed by atoms with van der Waals surface area (Å²) < 4.78 is 34.6. The Bertz CT molecular complexity index is 255. The first-order valence-corrected chi connectivity index (χ1v) is 4.83. The molecule has 1 rings (SSSR count). The highest BCUT2D eigenvalue weighted by Crippen LogP contribution is 2.43. The van der Waals surface area contributed by atoms with Gasteiger partial charge in [0, 0.05) is 18.3 Å². The SMILES string of the molecule is O=C1N(C(F)(F)F)CC(CCl)C1(Cl)Cl. The van der Waals surface area contributed by atoms with E-state index in [0.717, 1.165) is 0 Å². The maximum atomic E-state index is 12.2. The van der Waals surface area contributed by atoms with Crippen LogP contribution < -0.4 is 0 Å². The van der Waals surface area contributed by atoms with Crippen molar-refractivity contribution in [1.82, 2.24) is 4.90 Å². The number of carbonyl (C=O) groups is 1. The van der Waals surface area contributed by atoms with Crippen LogP contribution >= 0.6 is 34.8 Å². The number of alkyl halides is 6. The van der Waals surface area contributed by atoms with Gasteiger partial charge in [-0.05, 0) is 0 Å². The first kappa shape index (κ1) is 12.2. The number of hydrogen-bond acceptors (Lipinski definition) is 1. The fourth-order valence-corrected chi connectivity index (χ4v) is 2.12. The van der Waals surface area contributed by atoms with Gasteiger partial charge in [-0.3, -0.25) is 9.69 Å². The molecule has 1 saturated heterocycles. The van der Waals surface area contributed by atoms with Crippen LogP contribution in [0.4, 0.5) is 13.2 Å². The van der Waals surface area contributed by atoms with Crippen LogP contribution in [0, 0.1) is 5.92 Å². The van der Waals surface area contributed by atoms with Crippen LogP contribution in [-0.2, 0) is 4.79 Å². The van der Waals surface area contributed by atoms with Crippen LogP contribution in [0.3, 0.4) is 0 Å². The molecule has 1 aliphatic heterocycles. The van der Waals surface area contributed by atoms with Crippen LogP contribution in [0.2, 0.25) is 0 Å². The monoisotopic (exact) mass is 269 g/mol. The predicted octanol–water partition coefficient (Wildman–Crippen LogP) is 2.38. The van der Waals surface area contributed by atoms with Gasteiger partial charge in [-0.2, -0.15) is 0 Å². The molecule has 1 unspecified atom stereocenters. The lowest BCUT2D eigenvalue weighted by molar-refractivity contribution is -0.235. The highest BCUT2D eigenvalue weighted by molar-refractivity contribution is 6.59. The number of amides is 1.